The molecule has 0 radical (unpaired) electrons. The van der Waals surface area contributed by atoms with E-state index in [0.717, 1.165) is 0 Å². The van der Waals surface area contributed by atoms with E-state index in [2.05, 4.69) is 10.0 Å². The summed E-state index contributed by atoms with van der Waals surface area (Å²) in [4.78, 5) is 11.6. The van der Waals surface area contributed by atoms with Crippen molar-refractivity contribution in [3.63, 3.8) is 0 Å². The lowest BCUT2D eigenvalue weighted by Crippen LogP contribution is -2.40. The summed E-state index contributed by atoms with van der Waals surface area (Å²) in [6, 6.07) is 5.91. The summed E-state index contributed by atoms with van der Waals surface area (Å²) in [5.74, 6) is -0.338. The zero-order chi connectivity index (χ0) is 15.6. The van der Waals surface area contributed by atoms with Gasteiger partial charge in [0.2, 0.25) is 15.9 Å². The Morgan fingerprint density at radius 1 is 1.20 bits per heavy atom. The number of halogens is 1. The molecule has 0 aromatic heterocycles. The summed E-state index contributed by atoms with van der Waals surface area (Å²) in [6.45, 7) is 6.85. The first-order valence-electron chi connectivity index (χ1n) is 6.10. The zero-order valence-electron chi connectivity index (χ0n) is 11.9. The van der Waals surface area contributed by atoms with Gasteiger partial charge in [-0.1, -0.05) is 0 Å². The van der Waals surface area contributed by atoms with Gasteiger partial charge in [-0.15, -0.1) is 11.6 Å². The van der Waals surface area contributed by atoms with Gasteiger partial charge in [0.05, 0.1) is 4.90 Å². The quantitative estimate of drug-likeness (QED) is 0.837. The first-order chi connectivity index (χ1) is 9.01. The van der Waals surface area contributed by atoms with Crippen molar-refractivity contribution >= 4 is 33.2 Å². The van der Waals surface area contributed by atoms with E-state index in [9.17, 15) is 13.2 Å². The minimum atomic E-state index is -3.57. The zero-order valence-corrected chi connectivity index (χ0v) is 13.5. The Hall–Kier alpha value is -1.11. The topological polar surface area (TPSA) is 75.3 Å². The van der Waals surface area contributed by atoms with Crippen LogP contribution >= 0.6 is 11.6 Å². The monoisotopic (exact) mass is 318 g/mol. The third kappa shape index (κ3) is 5.11. The molecule has 1 aromatic rings. The second kappa shape index (κ2) is 6.11. The largest absolute Gasteiger partial charge is 0.325 e. The van der Waals surface area contributed by atoms with Gasteiger partial charge in [-0.2, -0.15) is 0 Å². The molecule has 0 aliphatic carbocycles. The molecule has 0 fully saturated rings. The average Bonchev–Trinajstić information content (AvgIpc) is 2.26. The van der Waals surface area contributed by atoms with Crippen LogP contribution in [0.15, 0.2) is 29.2 Å². The van der Waals surface area contributed by atoms with Gasteiger partial charge in [0, 0.05) is 11.2 Å². The predicted molar refractivity (Wildman–Crippen MR) is 80.5 cm³/mol. The van der Waals surface area contributed by atoms with Crippen LogP contribution < -0.4 is 10.0 Å². The molecule has 2 N–H and O–H groups in total. The summed E-state index contributed by atoms with van der Waals surface area (Å²) < 4.78 is 26.7. The van der Waals surface area contributed by atoms with Crippen molar-refractivity contribution in [2.45, 2.75) is 43.5 Å². The van der Waals surface area contributed by atoms with Crippen LogP contribution in [0.4, 0.5) is 5.69 Å². The molecule has 0 bridgehead atoms. The number of hydrogen-bond donors (Lipinski definition) is 2. The SMILES string of the molecule is CC(Cl)C(=O)Nc1ccc(S(=O)(=O)NC(C)(C)C)cc1. The van der Waals surface area contributed by atoms with Gasteiger partial charge < -0.3 is 5.32 Å². The molecule has 1 aromatic carbocycles. The number of hydrogen-bond acceptors (Lipinski definition) is 3. The van der Waals surface area contributed by atoms with Crippen LogP contribution in [0.25, 0.3) is 0 Å². The molecule has 1 atom stereocenters. The number of nitrogens with one attached hydrogen (secondary N) is 2. The molecule has 7 heteroatoms. The van der Waals surface area contributed by atoms with Crippen LogP contribution in [0.5, 0.6) is 0 Å². The number of rotatable bonds is 4. The van der Waals surface area contributed by atoms with E-state index >= 15 is 0 Å². The Bertz CT molecular complexity index is 575. The lowest BCUT2D eigenvalue weighted by Gasteiger charge is -2.20. The molecule has 112 valence electrons. The van der Waals surface area contributed by atoms with Gasteiger partial charge in [-0.3, -0.25) is 4.79 Å². The highest BCUT2D eigenvalue weighted by Gasteiger charge is 2.21. The summed E-state index contributed by atoms with van der Waals surface area (Å²) in [6.07, 6.45) is 0. The molecular weight excluding hydrogens is 300 g/mol. The van der Waals surface area contributed by atoms with Crippen molar-refractivity contribution in [2.24, 2.45) is 0 Å². The molecule has 20 heavy (non-hydrogen) atoms. The van der Waals surface area contributed by atoms with Crippen molar-refractivity contribution in [2.75, 3.05) is 5.32 Å². The number of carbonyl (C=O) groups excluding carboxylic acids is 1. The van der Waals surface area contributed by atoms with Crippen LogP contribution in [-0.4, -0.2) is 25.2 Å². The minimum Gasteiger partial charge on any atom is -0.325 e. The lowest BCUT2D eigenvalue weighted by atomic mass is 10.1. The Labute approximate surface area is 124 Å². The fourth-order valence-corrected chi connectivity index (χ4v) is 2.89. The van der Waals surface area contributed by atoms with Gasteiger partial charge >= 0.3 is 0 Å². The third-order valence-electron chi connectivity index (χ3n) is 2.23. The first-order valence-corrected chi connectivity index (χ1v) is 8.02. The second-order valence-corrected chi connectivity index (χ2v) is 7.82. The average molecular weight is 319 g/mol. The van der Waals surface area contributed by atoms with Gasteiger partial charge in [-0.25, -0.2) is 13.1 Å². The van der Waals surface area contributed by atoms with E-state index in [1.807, 2.05) is 0 Å². The number of benzene rings is 1. The normalized spacial score (nSPS) is 13.8. The van der Waals surface area contributed by atoms with Gasteiger partial charge in [0.25, 0.3) is 0 Å². The van der Waals surface area contributed by atoms with E-state index in [1.54, 1.807) is 27.7 Å². The van der Waals surface area contributed by atoms with E-state index in [-0.39, 0.29) is 10.8 Å². The van der Waals surface area contributed by atoms with Crippen molar-refractivity contribution < 1.29 is 13.2 Å². The van der Waals surface area contributed by atoms with Crippen LogP contribution in [0.2, 0.25) is 0 Å². The van der Waals surface area contributed by atoms with E-state index < -0.39 is 20.9 Å². The Kier molecular flexibility index (Phi) is 5.18. The Morgan fingerprint density at radius 3 is 2.10 bits per heavy atom. The Morgan fingerprint density at radius 2 is 1.70 bits per heavy atom. The standard InChI is InChI=1S/C13H19ClN2O3S/c1-9(14)12(17)15-10-5-7-11(8-6-10)20(18,19)16-13(2,3)4/h5-9,16H,1-4H3,(H,15,17). The third-order valence-corrected chi connectivity index (χ3v) is 4.21. The molecule has 1 amide bonds. The maximum absolute atomic E-state index is 12.1. The molecule has 0 aliphatic rings. The summed E-state index contributed by atoms with van der Waals surface area (Å²) in [5, 5.41) is 1.93. The van der Waals surface area contributed by atoms with Crippen LogP contribution in [-0.2, 0) is 14.8 Å². The second-order valence-electron chi connectivity index (χ2n) is 5.49. The Balaban J connectivity index is 2.89. The molecule has 0 saturated heterocycles. The summed E-state index contributed by atoms with van der Waals surface area (Å²) in [7, 11) is -3.57. The highest BCUT2D eigenvalue weighted by molar-refractivity contribution is 7.89. The molecule has 5 nitrogen and oxygen atoms in total. The van der Waals surface area contributed by atoms with Crippen LogP contribution in [0, 0.1) is 0 Å². The number of anilines is 1. The lowest BCUT2D eigenvalue weighted by molar-refractivity contribution is -0.115. The number of alkyl halides is 1. The van der Waals surface area contributed by atoms with E-state index in [1.165, 1.54) is 24.3 Å². The summed E-state index contributed by atoms with van der Waals surface area (Å²) in [5.41, 5.74) is -0.0584. The number of amides is 1. The molecular formula is C13H19ClN2O3S. The minimum absolute atomic E-state index is 0.143. The van der Waals surface area contributed by atoms with E-state index in [0.29, 0.717) is 5.69 Å². The molecule has 0 spiro atoms. The fraction of sp³-hybridized carbons (Fsp3) is 0.462. The number of carbonyl (C=O) groups is 1. The maximum atomic E-state index is 12.1. The van der Waals surface area contributed by atoms with Crippen molar-refractivity contribution in [3.8, 4) is 0 Å². The van der Waals surface area contributed by atoms with Crippen molar-refractivity contribution in [1.82, 2.24) is 4.72 Å². The smallest absolute Gasteiger partial charge is 0.242 e. The highest BCUT2D eigenvalue weighted by atomic mass is 35.5. The molecule has 0 heterocycles. The van der Waals surface area contributed by atoms with Gasteiger partial charge in [0.15, 0.2) is 0 Å². The first kappa shape index (κ1) is 16.9. The maximum Gasteiger partial charge on any atom is 0.242 e. The number of sulfonamides is 1. The molecule has 1 unspecified atom stereocenters. The molecule has 0 saturated carbocycles. The van der Waals surface area contributed by atoms with E-state index in [4.69, 9.17) is 11.6 Å². The van der Waals surface area contributed by atoms with Crippen LogP contribution in [0.3, 0.4) is 0 Å². The molecule has 1 rings (SSSR count). The van der Waals surface area contributed by atoms with Crippen molar-refractivity contribution in [1.29, 1.82) is 0 Å². The van der Waals surface area contributed by atoms with Crippen molar-refractivity contribution in [3.05, 3.63) is 24.3 Å². The van der Waals surface area contributed by atoms with Gasteiger partial charge in [-0.05, 0) is 52.0 Å². The molecule has 0 aliphatic heterocycles. The fourth-order valence-electron chi connectivity index (χ4n) is 1.42. The predicted octanol–water partition coefficient (Wildman–Crippen LogP) is 2.33. The summed E-state index contributed by atoms with van der Waals surface area (Å²) >= 11 is 5.64. The van der Waals surface area contributed by atoms with Crippen LogP contribution in [0.1, 0.15) is 27.7 Å². The highest BCUT2D eigenvalue weighted by Crippen LogP contribution is 2.16. The van der Waals surface area contributed by atoms with Gasteiger partial charge in [0.1, 0.15) is 5.38 Å².